The molecule has 1 atom stereocenters. The van der Waals surface area contributed by atoms with Gasteiger partial charge in [-0.15, -0.1) is 0 Å². The molecule has 1 amide bonds. The van der Waals surface area contributed by atoms with E-state index in [1.807, 2.05) is 21.8 Å². The molecule has 1 unspecified atom stereocenters. The summed E-state index contributed by atoms with van der Waals surface area (Å²) in [4.78, 5) is 16.9. The van der Waals surface area contributed by atoms with Crippen LogP contribution in [-0.2, 0) is 20.8 Å². The summed E-state index contributed by atoms with van der Waals surface area (Å²) in [5, 5.41) is 4.17. The maximum atomic E-state index is 12.5. The Morgan fingerprint density at radius 2 is 2.08 bits per heavy atom. The van der Waals surface area contributed by atoms with E-state index in [2.05, 4.69) is 10.00 Å². The predicted octanol–water partition coefficient (Wildman–Crippen LogP) is 0.613. The molecule has 3 heterocycles. The van der Waals surface area contributed by atoms with Crippen molar-refractivity contribution in [3.05, 3.63) is 18.5 Å². The third kappa shape index (κ3) is 5.29. The SMILES string of the molecule is O=C(CCCn1cccn1)N1CCCOC(CN2CCOCC2)C1. The Balaban J connectivity index is 1.43. The van der Waals surface area contributed by atoms with Gasteiger partial charge in [0.05, 0.1) is 19.3 Å². The average molecular weight is 336 g/mol. The van der Waals surface area contributed by atoms with Gasteiger partial charge in [-0.3, -0.25) is 14.4 Å². The molecule has 2 fully saturated rings. The summed E-state index contributed by atoms with van der Waals surface area (Å²) in [7, 11) is 0. The Morgan fingerprint density at radius 1 is 1.21 bits per heavy atom. The highest BCUT2D eigenvalue weighted by atomic mass is 16.5. The van der Waals surface area contributed by atoms with Gasteiger partial charge in [0.2, 0.25) is 5.91 Å². The Bertz CT molecular complexity index is 488. The molecule has 0 aromatic carbocycles. The Hall–Kier alpha value is -1.44. The van der Waals surface area contributed by atoms with E-state index in [9.17, 15) is 4.79 Å². The van der Waals surface area contributed by atoms with Gasteiger partial charge in [-0.05, 0) is 18.9 Å². The van der Waals surface area contributed by atoms with Crippen LogP contribution < -0.4 is 0 Å². The zero-order valence-corrected chi connectivity index (χ0v) is 14.3. The van der Waals surface area contributed by atoms with E-state index in [1.165, 1.54) is 0 Å². The fourth-order valence-electron chi connectivity index (χ4n) is 3.29. The number of aryl methyl sites for hydroxylation is 1. The van der Waals surface area contributed by atoms with Crippen molar-refractivity contribution < 1.29 is 14.3 Å². The summed E-state index contributed by atoms with van der Waals surface area (Å²) < 4.78 is 13.2. The molecule has 0 spiro atoms. The van der Waals surface area contributed by atoms with Gasteiger partial charge in [-0.1, -0.05) is 0 Å². The van der Waals surface area contributed by atoms with Crippen LogP contribution in [0.25, 0.3) is 0 Å². The van der Waals surface area contributed by atoms with Crippen molar-refractivity contribution in [2.75, 3.05) is 52.5 Å². The molecule has 24 heavy (non-hydrogen) atoms. The number of amides is 1. The molecule has 7 nitrogen and oxygen atoms in total. The van der Waals surface area contributed by atoms with Crippen LogP contribution in [0.15, 0.2) is 18.5 Å². The smallest absolute Gasteiger partial charge is 0.222 e. The minimum Gasteiger partial charge on any atom is -0.379 e. The summed E-state index contributed by atoms with van der Waals surface area (Å²) in [5.41, 5.74) is 0. The largest absolute Gasteiger partial charge is 0.379 e. The van der Waals surface area contributed by atoms with Crippen molar-refractivity contribution in [3.8, 4) is 0 Å². The first-order chi connectivity index (χ1) is 11.8. The number of hydrogen-bond acceptors (Lipinski definition) is 5. The number of nitrogens with zero attached hydrogens (tertiary/aromatic N) is 4. The van der Waals surface area contributed by atoms with E-state index >= 15 is 0 Å². The quantitative estimate of drug-likeness (QED) is 0.762. The van der Waals surface area contributed by atoms with Crippen LogP contribution >= 0.6 is 0 Å². The van der Waals surface area contributed by atoms with Crippen LogP contribution in [0.4, 0.5) is 0 Å². The molecule has 0 aliphatic carbocycles. The highest BCUT2D eigenvalue weighted by molar-refractivity contribution is 5.76. The van der Waals surface area contributed by atoms with Crippen LogP contribution in [0.5, 0.6) is 0 Å². The first-order valence-electron chi connectivity index (χ1n) is 8.98. The van der Waals surface area contributed by atoms with Crippen molar-refractivity contribution in [1.82, 2.24) is 19.6 Å². The molecule has 0 radical (unpaired) electrons. The normalized spacial score (nSPS) is 23.2. The lowest BCUT2D eigenvalue weighted by Crippen LogP contribution is -2.45. The van der Waals surface area contributed by atoms with Crippen LogP contribution in [0.3, 0.4) is 0 Å². The van der Waals surface area contributed by atoms with Gasteiger partial charge in [0, 0.05) is 64.7 Å². The van der Waals surface area contributed by atoms with Gasteiger partial charge in [-0.25, -0.2) is 0 Å². The third-order valence-corrected chi connectivity index (χ3v) is 4.61. The van der Waals surface area contributed by atoms with Crippen molar-refractivity contribution in [2.45, 2.75) is 31.9 Å². The van der Waals surface area contributed by atoms with Crippen LogP contribution in [0, 0.1) is 0 Å². The molecule has 1 aromatic rings. The first kappa shape index (κ1) is 17.4. The Kier molecular flexibility index (Phi) is 6.63. The highest BCUT2D eigenvalue weighted by Crippen LogP contribution is 2.11. The lowest BCUT2D eigenvalue weighted by Gasteiger charge is -2.31. The molecule has 3 rings (SSSR count). The predicted molar refractivity (Wildman–Crippen MR) is 89.7 cm³/mol. The van der Waals surface area contributed by atoms with E-state index in [4.69, 9.17) is 9.47 Å². The maximum Gasteiger partial charge on any atom is 0.222 e. The van der Waals surface area contributed by atoms with Crippen LogP contribution in [0.2, 0.25) is 0 Å². The summed E-state index contributed by atoms with van der Waals surface area (Å²) >= 11 is 0. The minimum absolute atomic E-state index is 0.112. The third-order valence-electron chi connectivity index (χ3n) is 4.61. The topological polar surface area (TPSA) is 59.8 Å². The minimum atomic E-state index is 0.112. The lowest BCUT2D eigenvalue weighted by molar-refractivity contribution is -0.132. The Morgan fingerprint density at radius 3 is 2.88 bits per heavy atom. The molecule has 134 valence electrons. The standard InChI is InChI=1S/C17H28N4O3/c22-17(4-1-7-21-8-2-5-18-21)20-6-3-11-24-16(15-20)14-19-9-12-23-13-10-19/h2,5,8,16H,1,3-4,6-7,9-15H2. The average Bonchev–Trinajstić information content (AvgIpc) is 3.01. The number of carbonyl (C=O) groups is 1. The summed E-state index contributed by atoms with van der Waals surface area (Å²) in [6.45, 7) is 7.44. The second-order valence-corrected chi connectivity index (χ2v) is 6.47. The van der Waals surface area contributed by atoms with E-state index in [-0.39, 0.29) is 12.0 Å². The van der Waals surface area contributed by atoms with Gasteiger partial charge < -0.3 is 14.4 Å². The summed E-state index contributed by atoms with van der Waals surface area (Å²) in [6.07, 6.45) is 6.13. The van der Waals surface area contributed by atoms with E-state index < -0.39 is 0 Å². The molecule has 0 saturated carbocycles. The molecule has 2 aliphatic heterocycles. The van der Waals surface area contributed by atoms with Crippen molar-refractivity contribution >= 4 is 5.91 Å². The Labute approximate surface area is 143 Å². The van der Waals surface area contributed by atoms with Crippen LogP contribution in [0.1, 0.15) is 19.3 Å². The van der Waals surface area contributed by atoms with Gasteiger partial charge in [0.15, 0.2) is 0 Å². The van der Waals surface area contributed by atoms with Crippen molar-refractivity contribution in [1.29, 1.82) is 0 Å². The number of rotatable bonds is 6. The number of morpholine rings is 1. The number of aromatic nitrogens is 2. The van der Waals surface area contributed by atoms with Gasteiger partial charge >= 0.3 is 0 Å². The molecule has 0 bridgehead atoms. The fourth-order valence-corrected chi connectivity index (χ4v) is 3.29. The molecule has 7 heteroatoms. The number of hydrogen-bond donors (Lipinski definition) is 0. The maximum absolute atomic E-state index is 12.5. The van der Waals surface area contributed by atoms with Crippen LogP contribution in [-0.4, -0.2) is 84.1 Å². The molecule has 1 aromatic heterocycles. The van der Waals surface area contributed by atoms with Crippen molar-refractivity contribution in [3.63, 3.8) is 0 Å². The zero-order chi connectivity index (χ0) is 16.6. The van der Waals surface area contributed by atoms with Crippen molar-refractivity contribution in [2.24, 2.45) is 0 Å². The van der Waals surface area contributed by atoms with E-state index in [0.717, 1.165) is 65.4 Å². The van der Waals surface area contributed by atoms with Gasteiger partial charge in [-0.2, -0.15) is 5.10 Å². The fraction of sp³-hybridized carbons (Fsp3) is 0.765. The number of carbonyl (C=O) groups excluding carboxylic acids is 1. The summed E-state index contributed by atoms with van der Waals surface area (Å²) in [6, 6.07) is 1.91. The van der Waals surface area contributed by atoms with E-state index in [1.54, 1.807) is 6.20 Å². The molecule has 2 aliphatic rings. The molecular formula is C17H28N4O3. The lowest BCUT2D eigenvalue weighted by atomic mass is 10.2. The van der Waals surface area contributed by atoms with Gasteiger partial charge in [0.1, 0.15) is 0 Å². The molecule has 0 N–H and O–H groups in total. The molecular weight excluding hydrogens is 308 g/mol. The van der Waals surface area contributed by atoms with E-state index in [0.29, 0.717) is 13.0 Å². The molecule has 2 saturated heterocycles. The zero-order valence-electron chi connectivity index (χ0n) is 14.3. The first-order valence-corrected chi connectivity index (χ1v) is 8.98. The summed E-state index contributed by atoms with van der Waals surface area (Å²) in [5.74, 6) is 0.236. The monoisotopic (exact) mass is 336 g/mol. The second-order valence-electron chi connectivity index (χ2n) is 6.47. The van der Waals surface area contributed by atoms with Gasteiger partial charge in [0.25, 0.3) is 0 Å². The highest BCUT2D eigenvalue weighted by Gasteiger charge is 2.24. The second kappa shape index (κ2) is 9.15. The number of ether oxygens (including phenoxy) is 2.